The third kappa shape index (κ3) is 7.68. The smallest absolute Gasteiger partial charge is 0.264 e. The molecule has 3 nitrogen and oxygen atoms in total. The third-order valence-corrected chi connectivity index (χ3v) is 23.0. The van der Waals surface area contributed by atoms with E-state index in [1.165, 1.54) is 161 Å². The number of thiophene rings is 1. The SMILES string of the molecule is CC(C)(C)c1cc(N2c3ccc(C(C)(C)C)cc3B3c4sc5cc6c(cc5c4N(c4ccc5c(c4)C(C)(C)CCC5(C)C)c4cc(N5c7ccccc7C7(C)CCCCC57C)cc2c43)C(C)(C)CCC6(C)C)cc(C(C)(C)C)c1. The van der Waals surface area contributed by atoms with Crippen LogP contribution < -0.4 is 30.4 Å². The van der Waals surface area contributed by atoms with Crippen molar-refractivity contribution in [2.24, 2.45) is 0 Å². The van der Waals surface area contributed by atoms with Crippen LogP contribution >= 0.6 is 11.3 Å². The van der Waals surface area contributed by atoms with Gasteiger partial charge in [-0.2, -0.15) is 0 Å². The highest BCUT2D eigenvalue weighted by Crippen LogP contribution is 2.63. The maximum atomic E-state index is 2.86. The van der Waals surface area contributed by atoms with E-state index in [-0.39, 0.29) is 55.6 Å². The van der Waals surface area contributed by atoms with Crippen molar-refractivity contribution in [1.82, 2.24) is 0 Å². The van der Waals surface area contributed by atoms with Crippen LogP contribution in [-0.4, -0.2) is 12.3 Å². The van der Waals surface area contributed by atoms with Crippen molar-refractivity contribution in [3.8, 4) is 0 Å². The predicted molar refractivity (Wildman–Crippen MR) is 345 cm³/mol. The van der Waals surface area contributed by atoms with Gasteiger partial charge in [-0.3, -0.25) is 0 Å². The van der Waals surface area contributed by atoms with E-state index in [2.05, 4.69) is 261 Å². The van der Waals surface area contributed by atoms with E-state index in [0.717, 1.165) is 6.42 Å². The zero-order valence-corrected chi connectivity index (χ0v) is 52.6. The molecule has 6 aromatic carbocycles. The molecule has 0 amide bonds. The topological polar surface area (TPSA) is 9.72 Å². The molecule has 3 aliphatic heterocycles. The van der Waals surface area contributed by atoms with Gasteiger partial charge in [-0.1, -0.05) is 180 Å². The minimum absolute atomic E-state index is 0.00275. The number of nitrogens with zero attached hydrogens (tertiary/aromatic N) is 3. The third-order valence-electron chi connectivity index (χ3n) is 21.8. The molecular weight excluding hydrogens is 974 g/mol. The van der Waals surface area contributed by atoms with Crippen molar-refractivity contribution >= 4 is 89.3 Å². The Hall–Kier alpha value is -5.26. The lowest BCUT2D eigenvalue weighted by molar-refractivity contribution is 0.195. The first-order chi connectivity index (χ1) is 36.8. The molecule has 7 aromatic rings. The van der Waals surface area contributed by atoms with E-state index in [1.807, 2.05) is 0 Å². The summed E-state index contributed by atoms with van der Waals surface area (Å²) in [5.74, 6) is 0. The molecule has 13 rings (SSSR count). The molecule has 0 bridgehead atoms. The number of hydrogen-bond donors (Lipinski definition) is 0. The van der Waals surface area contributed by atoms with Crippen LogP contribution in [0.2, 0.25) is 0 Å². The minimum Gasteiger partial charge on any atom is -0.334 e. The second-order valence-corrected chi connectivity index (χ2v) is 33.0. The van der Waals surface area contributed by atoms with Crippen LogP contribution in [0.25, 0.3) is 10.1 Å². The first-order valence-electron chi connectivity index (χ1n) is 30.5. The maximum Gasteiger partial charge on any atom is 0.264 e. The van der Waals surface area contributed by atoms with E-state index >= 15 is 0 Å². The summed E-state index contributed by atoms with van der Waals surface area (Å²) in [6, 6.07) is 43.2. The first-order valence-corrected chi connectivity index (χ1v) is 31.3. The summed E-state index contributed by atoms with van der Waals surface area (Å²) in [4.78, 5) is 8.43. The van der Waals surface area contributed by atoms with E-state index in [4.69, 9.17) is 0 Å². The number of fused-ring (bicyclic) bond motifs is 11. The summed E-state index contributed by atoms with van der Waals surface area (Å²) in [6.45, 7) is 46.8. The monoisotopic (exact) mass is 1060 g/mol. The quantitative estimate of drug-likeness (QED) is 0.163. The fourth-order valence-corrected chi connectivity index (χ4v) is 17.4. The van der Waals surface area contributed by atoms with Gasteiger partial charge in [0.05, 0.1) is 11.2 Å². The Morgan fingerprint density at radius 1 is 0.430 bits per heavy atom. The van der Waals surface area contributed by atoms with Gasteiger partial charge in [0.1, 0.15) is 0 Å². The van der Waals surface area contributed by atoms with Crippen LogP contribution in [0.1, 0.15) is 227 Å². The second kappa shape index (κ2) is 16.7. The molecule has 1 fully saturated rings. The molecular formula is C74H90BN3S. The second-order valence-electron chi connectivity index (χ2n) is 31.9. The summed E-state index contributed by atoms with van der Waals surface area (Å²) >= 11 is 2.09. The lowest BCUT2D eigenvalue weighted by Gasteiger charge is -2.51. The van der Waals surface area contributed by atoms with Crippen LogP contribution in [0, 0.1) is 0 Å². The fourth-order valence-electron chi connectivity index (χ4n) is 16.1. The Morgan fingerprint density at radius 3 is 1.61 bits per heavy atom. The molecule has 0 spiro atoms. The van der Waals surface area contributed by atoms with Crippen LogP contribution in [-0.2, 0) is 43.3 Å². The molecule has 5 heteroatoms. The van der Waals surface area contributed by atoms with Gasteiger partial charge in [-0.15, -0.1) is 11.3 Å². The highest BCUT2D eigenvalue weighted by atomic mass is 32.1. The number of para-hydroxylation sites is 1. The van der Waals surface area contributed by atoms with E-state index < -0.39 is 0 Å². The largest absolute Gasteiger partial charge is 0.334 e. The molecule has 0 saturated heterocycles. The van der Waals surface area contributed by atoms with Gasteiger partial charge in [0.15, 0.2) is 0 Å². The maximum absolute atomic E-state index is 2.86. The van der Waals surface area contributed by atoms with Crippen molar-refractivity contribution in [3.63, 3.8) is 0 Å². The van der Waals surface area contributed by atoms with E-state index in [1.54, 1.807) is 0 Å². The van der Waals surface area contributed by atoms with Gasteiger partial charge in [0.25, 0.3) is 6.71 Å². The summed E-state index contributed by atoms with van der Waals surface area (Å²) in [6.07, 6.45) is 9.58. The standard InChI is InChI=1S/C74H90BN3S/c1-66(2,3)45-26-29-59-57(39-45)75-63-60(76(59)49-37-46(67(4,5)6)36-47(38-49)68(7,8)9)41-50(78-58-25-21-20-24-53(58)73(18)30-22-23-31-74(73,78)19)42-61(63)77(48-27-28-52-54(40-48)70(12,13)33-32-69(52,10)11)64-51-43-55-56(44-62(51)79-65(64)75)72(16,17)35-34-71(55,14)15/h20-21,24-29,36-44H,22-23,30-35H2,1-19H3. The molecule has 3 aliphatic carbocycles. The molecule has 0 radical (unpaired) electrons. The van der Waals surface area contributed by atoms with Crippen LogP contribution in [0.5, 0.6) is 0 Å². The van der Waals surface area contributed by atoms with Gasteiger partial charge >= 0.3 is 0 Å². The summed E-state index contributed by atoms with van der Waals surface area (Å²) in [7, 11) is 0. The van der Waals surface area contributed by atoms with Crippen molar-refractivity contribution in [3.05, 3.63) is 148 Å². The summed E-state index contributed by atoms with van der Waals surface area (Å²) in [5, 5.41) is 1.40. The van der Waals surface area contributed by atoms with Gasteiger partial charge < -0.3 is 14.7 Å². The van der Waals surface area contributed by atoms with Crippen molar-refractivity contribution < 1.29 is 0 Å². The van der Waals surface area contributed by atoms with Gasteiger partial charge in [-0.05, 0) is 199 Å². The molecule has 410 valence electrons. The highest BCUT2D eigenvalue weighted by molar-refractivity contribution is 7.33. The van der Waals surface area contributed by atoms with Gasteiger partial charge in [-0.25, -0.2) is 0 Å². The Bertz CT molecular complexity index is 3680. The number of rotatable bonds is 3. The molecule has 1 aromatic heterocycles. The molecule has 4 heterocycles. The van der Waals surface area contributed by atoms with Crippen LogP contribution in [0.4, 0.5) is 45.5 Å². The Morgan fingerprint density at radius 2 is 0.987 bits per heavy atom. The average molecular weight is 1060 g/mol. The van der Waals surface area contributed by atoms with Crippen molar-refractivity contribution in [2.75, 3.05) is 14.7 Å². The zero-order chi connectivity index (χ0) is 56.3. The van der Waals surface area contributed by atoms with E-state index in [9.17, 15) is 0 Å². The molecule has 2 atom stereocenters. The first kappa shape index (κ1) is 53.1. The molecule has 1 saturated carbocycles. The molecule has 2 unspecified atom stereocenters. The van der Waals surface area contributed by atoms with Gasteiger partial charge in [0, 0.05) is 60.1 Å². The zero-order valence-electron chi connectivity index (χ0n) is 51.8. The Balaban J connectivity index is 1.21. The van der Waals surface area contributed by atoms with Gasteiger partial charge in [0.2, 0.25) is 0 Å². The normalized spacial score (nSPS) is 23.1. The molecule has 79 heavy (non-hydrogen) atoms. The predicted octanol–water partition coefficient (Wildman–Crippen LogP) is 19.3. The summed E-state index contributed by atoms with van der Waals surface area (Å²) in [5.41, 5.74) is 25.0. The lowest BCUT2D eigenvalue weighted by atomic mass is 9.36. The number of hydrogen-bond acceptors (Lipinski definition) is 4. The lowest BCUT2D eigenvalue weighted by Crippen LogP contribution is -2.61. The fraction of sp³-hybridized carbons (Fsp3) is 0.486. The van der Waals surface area contributed by atoms with Crippen molar-refractivity contribution in [2.45, 2.75) is 232 Å². The molecule has 6 aliphatic rings. The van der Waals surface area contributed by atoms with Crippen molar-refractivity contribution in [1.29, 1.82) is 0 Å². The van der Waals surface area contributed by atoms with Crippen LogP contribution in [0.3, 0.4) is 0 Å². The molecule has 0 N–H and O–H groups in total. The highest BCUT2D eigenvalue weighted by Gasteiger charge is 2.58. The van der Waals surface area contributed by atoms with Crippen LogP contribution in [0.15, 0.2) is 103 Å². The Labute approximate surface area is 480 Å². The summed E-state index contributed by atoms with van der Waals surface area (Å²) < 4.78 is 2.88. The van der Waals surface area contributed by atoms with E-state index in [0.29, 0.717) is 0 Å². The number of anilines is 8. The minimum atomic E-state index is -0.127. The average Bonchev–Trinajstić information content (AvgIpc) is 2.35. The Kier molecular flexibility index (Phi) is 11.2. The number of benzene rings is 6.